The summed E-state index contributed by atoms with van der Waals surface area (Å²) in [5.74, 6) is 0.474. The lowest BCUT2D eigenvalue weighted by molar-refractivity contribution is 0.0116. The molecular formula is C30H40FNO4Si. The Morgan fingerprint density at radius 1 is 1.00 bits per heavy atom. The SMILES string of the molecule is Cc1cc2c(=O)c(N3CCC(O)(c4ccc(F)cc4)CC3)coc2cc1O[Si](C(C)C)(C(C)C)C(C)C. The van der Waals surface area contributed by atoms with Gasteiger partial charge >= 0.3 is 0 Å². The standard InChI is InChI=1S/C30H40FNO4Si/c1-19(2)37(20(3)4,21(5)6)36-27-17-28-25(16-22(27)7)29(33)26(18-35-28)32-14-12-30(34,13-15-32)23-8-10-24(31)11-9-23/h8-11,16-21,34H,12-15H2,1-7H3. The number of benzene rings is 2. The molecule has 37 heavy (non-hydrogen) atoms. The number of aryl methyl sites for hydroxylation is 1. The summed E-state index contributed by atoms with van der Waals surface area (Å²) in [4.78, 5) is 15.5. The molecule has 1 aliphatic heterocycles. The quantitative estimate of drug-likeness (QED) is 0.328. The first-order chi connectivity index (χ1) is 17.4. The summed E-state index contributed by atoms with van der Waals surface area (Å²) in [6.45, 7) is 16.5. The highest BCUT2D eigenvalue weighted by Gasteiger charge is 2.47. The summed E-state index contributed by atoms with van der Waals surface area (Å²) in [5.41, 5.74) is 2.84. The molecule has 3 aromatic rings. The van der Waals surface area contributed by atoms with Crippen molar-refractivity contribution in [2.75, 3.05) is 18.0 Å². The molecule has 0 amide bonds. The number of piperidine rings is 1. The van der Waals surface area contributed by atoms with Gasteiger partial charge in [-0.2, -0.15) is 0 Å². The Bertz CT molecular complexity index is 1290. The van der Waals surface area contributed by atoms with Gasteiger partial charge in [0, 0.05) is 19.2 Å². The summed E-state index contributed by atoms with van der Waals surface area (Å²) in [6, 6.07) is 9.77. The number of rotatable bonds is 7. The van der Waals surface area contributed by atoms with E-state index in [1.807, 2.05) is 24.0 Å². The first-order valence-corrected chi connectivity index (χ1v) is 15.5. The van der Waals surface area contributed by atoms with Crippen molar-refractivity contribution in [3.63, 3.8) is 0 Å². The highest BCUT2D eigenvalue weighted by molar-refractivity contribution is 6.78. The van der Waals surface area contributed by atoms with E-state index in [-0.39, 0.29) is 11.2 Å². The number of hydrogen-bond acceptors (Lipinski definition) is 5. The maximum Gasteiger partial charge on any atom is 0.258 e. The van der Waals surface area contributed by atoms with Gasteiger partial charge in [0.15, 0.2) is 0 Å². The molecule has 2 heterocycles. The fraction of sp³-hybridized carbons (Fsp3) is 0.500. The van der Waals surface area contributed by atoms with Gasteiger partial charge in [-0.25, -0.2) is 4.39 Å². The molecule has 0 unspecified atom stereocenters. The predicted octanol–water partition coefficient (Wildman–Crippen LogP) is 7.28. The van der Waals surface area contributed by atoms with Crippen LogP contribution in [0.25, 0.3) is 11.0 Å². The molecule has 0 atom stereocenters. The lowest BCUT2D eigenvalue weighted by atomic mass is 9.84. The first-order valence-electron chi connectivity index (χ1n) is 13.4. The molecule has 2 aromatic carbocycles. The van der Waals surface area contributed by atoms with E-state index in [2.05, 4.69) is 41.5 Å². The van der Waals surface area contributed by atoms with Crippen LogP contribution in [0.4, 0.5) is 10.1 Å². The molecule has 7 heteroatoms. The van der Waals surface area contributed by atoms with Crippen molar-refractivity contribution < 1.29 is 18.3 Å². The number of nitrogens with zero attached hydrogens (tertiary/aromatic N) is 1. The fourth-order valence-electron chi connectivity index (χ4n) is 6.29. The summed E-state index contributed by atoms with van der Waals surface area (Å²) in [7, 11) is -2.16. The average Bonchev–Trinajstić information content (AvgIpc) is 2.84. The minimum Gasteiger partial charge on any atom is -0.542 e. The largest absolute Gasteiger partial charge is 0.542 e. The second-order valence-corrected chi connectivity index (χ2v) is 16.9. The van der Waals surface area contributed by atoms with Crippen LogP contribution in [0.2, 0.25) is 16.6 Å². The zero-order valence-electron chi connectivity index (χ0n) is 23.1. The van der Waals surface area contributed by atoms with Crippen LogP contribution in [0.15, 0.2) is 51.9 Å². The summed E-state index contributed by atoms with van der Waals surface area (Å²) in [6.07, 6.45) is 2.41. The van der Waals surface area contributed by atoms with Crippen LogP contribution in [-0.2, 0) is 5.60 Å². The zero-order valence-corrected chi connectivity index (χ0v) is 24.1. The Morgan fingerprint density at radius 2 is 1.57 bits per heavy atom. The number of anilines is 1. The molecule has 5 nitrogen and oxygen atoms in total. The molecule has 1 saturated heterocycles. The topological polar surface area (TPSA) is 62.9 Å². The molecule has 1 aromatic heterocycles. The minimum atomic E-state index is -2.16. The third-order valence-corrected chi connectivity index (χ3v) is 14.3. The molecule has 4 rings (SSSR count). The van der Waals surface area contributed by atoms with Crippen LogP contribution in [0.3, 0.4) is 0 Å². The fourth-order valence-corrected chi connectivity index (χ4v) is 11.6. The zero-order chi connectivity index (χ0) is 27.1. The monoisotopic (exact) mass is 525 g/mol. The third-order valence-electron chi connectivity index (χ3n) is 8.36. The number of hydrogen-bond donors (Lipinski definition) is 1. The van der Waals surface area contributed by atoms with Crippen molar-refractivity contribution >= 4 is 25.0 Å². The summed E-state index contributed by atoms with van der Waals surface area (Å²) < 4.78 is 26.2. The van der Waals surface area contributed by atoms with Gasteiger partial charge in [-0.15, -0.1) is 0 Å². The van der Waals surface area contributed by atoms with Crippen molar-refractivity contribution in [2.45, 2.75) is 83.5 Å². The Labute approximate surface area is 220 Å². The maximum absolute atomic E-state index is 13.5. The smallest absolute Gasteiger partial charge is 0.258 e. The minimum absolute atomic E-state index is 0.0804. The van der Waals surface area contributed by atoms with E-state index in [9.17, 15) is 14.3 Å². The van der Waals surface area contributed by atoms with Crippen LogP contribution in [0.1, 0.15) is 65.5 Å². The van der Waals surface area contributed by atoms with Crippen LogP contribution in [0.5, 0.6) is 5.75 Å². The lowest BCUT2D eigenvalue weighted by Crippen LogP contribution is -2.50. The highest BCUT2D eigenvalue weighted by atomic mass is 28.4. The van der Waals surface area contributed by atoms with Gasteiger partial charge in [0.25, 0.3) is 8.32 Å². The number of aliphatic hydroxyl groups is 1. The van der Waals surface area contributed by atoms with Gasteiger partial charge in [0.2, 0.25) is 5.43 Å². The number of fused-ring (bicyclic) bond motifs is 1. The van der Waals surface area contributed by atoms with Gasteiger partial charge in [-0.05, 0) is 65.7 Å². The summed E-state index contributed by atoms with van der Waals surface area (Å²) >= 11 is 0. The van der Waals surface area contributed by atoms with E-state index in [1.165, 1.54) is 18.4 Å². The molecule has 1 N–H and O–H groups in total. The van der Waals surface area contributed by atoms with Gasteiger partial charge in [0.1, 0.15) is 29.1 Å². The Balaban J connectivity index is 1.62. The molecule has 0 bridgehead atoms. The molecule has 200 valence electrons. The molecule has 0 radical (unpaired) electrons. The third kappa shape index (κ3) is 4.96. The molecular weight excluding hydrogens is 485 g/mol. The van der Waals surface area contributed by atoms with E-state index < -0.39 is 13.9 Å². The second-order valence-electron chi connectivity index (χ2n) is 11.5. The van der Waals surface area contributed by atoms with E-state index in [0.29, 0.717) is 64.8 Å². The lowest BCUT2D eigenvalue weighted by Gasteiger charge is -2.42. The Hall–Kier alpha value is -2.64. The van der Waals surface area contributed by atoms with Crippen LogP contribution < -0.4 is 14.8 Å². The number of halogens is 1. The van der Waals surface area contributed by atoms with Gasteiger partial charge in [-0.3, -0.25) is 4.79 Å². The predicted molar refractivity (Wildman–Crippen MR) is 151 cm³/mol. The average molecular weight is 526 g/mol. The van der Waals surface area contributed by atoms with Crippen molar-refractivity contribution in [1.82, 2.24) is 0 Å². The highest BCUT2D eigenvalue weighted by Crippen LogP contribution is 2.44. The Kier molecular flexibility index (Phi) is 7.59. The van der Waals surface area contributed by atoms with Crippen molar-refractivity contribution in [1.29, 1.82) is 0 Å². The molecule has 1 aliphatic rings. The maximum atomic E-state index is 13.5. The van der Waals surface area contributed by atoms with Gasteiger partial charge < -0.3 is 18.8 Å². The molecule has 0 spiro atoms. The molecule has 1 fully saturated rings. The normalized spacial score (nSPS) is 16.3. The van der Waals surface area contributed by atoms with Gasteiger partial charge in [0.05, 0.1) is 11.0 Å². The van der Waals surface area contributed by atoms with Crippen LogP contribution in [0, 0.1) is 12.7 Å². The van der Waals surface area contributed by atoms with Crippen molar-refractivity contribution in [3.8, 4) is 5.75 Å². The van der Waals surface area contributed by atoms with E-state index in [4.69, 9.17) is 8.84 Å². The van der Waals surface area contributed by atoms with Crippen molar-refractivity contribution in [2.24, 2.45) is 0 Å². The van der Waals surface area contributed by atoms with Gasteiger partial charge in [-0.1, -0.05) is 53.7 Å². The van der Waals surface area contributed by atoms with E-state index in [1.54, 1.807) is 12.1 Å². The molecule has 0 aliphatic carbocycles. The van der Waals surface area contributed by atoms with Crippen LogP contribution in [-0.4, -0.2) is 26.5 Å². The van der Waals surface area contributed by atoms with Crippen LogP contribution >= 0.6 is 0 Å². The van der Waals surface area contributed by atoms with E-state index in [0.717, 1.165) is 11.3 Å². The first kappa shape index (κ1) is 27.4. The van der Waals surface area contributed by atoms with Crippen molar-refractivity contribution in [3.05, 3.63) is 69.8 Å². The second kappa shape index (κ2) is 10.3. The Morgan fingerprint density at radius 3 is 2.11 bits per heavy atom. The summed E-state index contributed by atoms with van der Waals surface area (Å²) in [5, 5.41) is 11.7. The van der Waals surface area contributed by atoms with E-state index >= 15 is 0 Å². The molecule has 0 saturated carbocycles.